The van der Waals surface area contributed by atoms with Crippen molar-refractivity contribution in [3.8, 4) is 5.75 Å². The number of phenols is 1. The van der Waals surface area contributed by atoms with Crippen molar-refractivity contribution in [1.82, 2.24) is 0 Å². The number of aromatic hydroxyl groups is 1. The molecule has 1 aromatic rings. The molecule has 17 heavy (non-hydrogen) atoms. The predicted molar refractivity (Wildman–Crippen MR) is 60.2 cm³/mol. The lowest BCUT2D eigenvalue weighted by Gasteiger charge is -2.03. The van der Waals surface area contributed by atoms with Gasteiger partial charge >= 0.3 is 5.97 Å². The smallest absolute Gasteiger partial charge is 0.306 e. The monoisotopic (exact) mass is 238 g/mol. The van der Waals surface area contributed by atoms with Gasteiger partial charge in [-0.3, -0.25) is 4.79 Å². The van der Waals surface area contributed by atoms with E-state index in [1.807, 2.05) is 0 Å². The number of benzene rings is 1. The number of ether oxygens (including phenoxy) is 1. The molecule has 4 heteroatoms. The van der Waals surface area contributed by atoms with Crippen LogP contribution in [-0.2, 0) is 9.53 Å². The first-order valence-corrected chi connectivity index (χ1v) is 5.75. The van der Waals surface area contributed by atoms with Crippen LogP contribution in [-0.4, -0.2) is 17.7 Å². The second kappa shape index (κ2) is 4.73. The van der Waals surface area contributed by atoms with Gasteiger partial charge in [-0.05, 0) is 36.8 Å². The van der Waals surface area contributed by atoms with E-state index in [1.165, 1.54) is 6.07 Å². The van der Waals surface area contributed by atoms with Crippen molar-refractivity contribution in [3.63, 3.8) is 0 Å². The Balaban J connectivity index is 1.96. The van der Waals surface area contributed by atoms with Crippen LogP contribution in [0.4, 0.5) is 4.39 Å². The predicted octanol–water partition coefficient (Wildman–Crippen LogP) is 2.59. The molecule has 0 bridgehead atoms. The van der Waals surface area contributed by atoms with Gasteiger partial charge < -0.3 is 9.84 Å². The summed E-state index contributed by atoms with van der Waals surface area (Å²) in [5, 5.41) is 9.11. The minimum atomic E-state index is -0.402. The molecule has 0 spiro atoms. The molecule has 2 unspecified atom stereocenters. The molecule has 2 atom stereocenters. The zero-order valence-corrected chi connectivity index (χ0v) is 9.65. The highest BCUT2D eigenvalue weighted by Crippen LogP contribution is 2.50. The zero-order valence-electron chi connectivity index (χ0n) is 9.65. The van der Waals surface area contributed by atoms with Gasteiger partial charge in [0.15, 0.2) is 0 Å². The van der Waals surface area contributed by atoms with E-state index < -0.39 is 5.82 Å². The lowest BCUT2D eigenvalue weighted by Crippen LogP contribution is -2.05. The standard InChI is InChI=1S/C13H15FO3/c1-2-17-13(16)6-8-5-11(8)10-4-3-9(15)7-12(10)14/h3-4,7-8,11,15H,2,5-6H2,1H3. The molecule has 1 saturated carbocycles. The van der Waals surface area contributed by atoms with Crippen molar-refractivity contribution in [2.45, 2.75) is 25.7 Å². The second-order valence-electron chi connectivity index (χ2n) is 4.32. The summed E-state index contributed by atoms with van der Waals surface area (Å²) in [6.45, 7) is 2.14. The van der Waals surface area contributed by atoms with Crippen molar-refractivity contribution < 1.29 is 19.0 Å². The molecule has 0 amide bonds. The van der Waals surface area contributed by atoms with E-state index in [0.717, 1.165) is 12.5 Å². The van der Waals surface area contributed by atoms with E-state index >= 15 is 0 Å². The van der Waals surface area contributed by atoms with Crippen LogP contribution in [0, 0.1) is 11.7 Å². The first-order valence-electron chi connectivity index (χ1n) is 5.75. The first kappa shape index (κ1) is 11.9. The van der Waals surface area contributed by atoms with Gasteiger partial charge in [0, 0.05) is 12.5 Å². The molecule has 0 aliphatic heterocycles. The average molecular weight is 238 g/mol. The fourth-order valence-corrected chi connectivity index (χ4v) is 2.10. The first-order chi connectivity index (χ1) is 8.11. The van der Waals surface area contributed by atoms with Gasteiger partial charge in [0.25, 0.3) is 0 Å². The molecule has 92 valence electrons. The van der Waals surface area contributed by atoms with E-state index in [1.54, 1.807) is 13.0 Å². The normalized spacial score (nSPS) is 22.2. The maximum Gasteiger partial charge on any atom is 0.306 e. The Bertz CT molecular complexity index is 431. The van der Waals surface area contributed by atoms with Crippen molar-refractivity contribution in [1.29, 1.82) is 0 Å². The highest BCUT2D eigenvalue weighted by Gasteiger charge is 2.41. The van der Waals surface area contributed by atoms with Crippen LogP contribution in [0.5, 0.6) is 5.75 Å². The molecule has 1 aliphatic rings. The highest BCUT2D eigenvalue weighted by atomic mass is 19.1. The third-order valence-electron chi connectivity index (χ3n) is 3.04. The SMILES string of the molecule is CCOC(=O)CC1CC1c1ccc(O)cc1F. The van der Waals surface area contributed by atoms with Crippen molar-refractivity contribution in [2.24, 2.45) is 5.92 Å². The van der Waals surface area contributed by atoms with Gasteiger partial charge in [0.2, 0.25) is 0 Å². The maximum absolute atomic E-state index is 13.5. The molecule has 1 aromatic carbocycles. The number of halogens is 1. The van der Waals surface area contributed by atoms with Gasteiger partial charge in [0.05, 0.1) is 6.61 Å². The number of esters is 1. The molecule has 0 heterocycles. The van der Waals surface area contributed by atoms with E-state index in [2.05, 4.69) is 0 Å². The summed E-state index contributed by atoms with van der Waals surface area (Å²) in [7, 11) is 0. The molecular formula is C13H15FO3. The van der Waals surface area contributed by atoms with Gasteiger partial charge in [0.1, 0.15) is 11.6 Å². The highest BCUT2D eigenvalue weighted by molar-refractivity contribution is 5.70. The Labute approximate surface area is 99.2 Å². The average Bonchev–Trinajstić information content (AvgIpc) is 2.97. The van der Waals surface area contributed by atoms with Crippen LogP contribution >= 0.6 is 0 Å². The van der Waals surface area contributed by atoms with Crippen LogP contribution in [0.2, 0.25) is 0 Å². The molecule has 0 saturated heterocycles. The van der Waals surface area contributed by atoms with Gasteiger partial charge in [-0.25, -0.2) is 4.39 Å². The number of carbonyl (C=O) groups excluding carboxylic acids is 1. The van der Waals surface area contributed by atoms with E-state index in [9.17, 15) is 9.18 Å². The van der Waals surface area contributed by atoms with E-state index in [4.69, 9.17) is 9.84 Å². The fraction of sp³-hybridized carbons (Fsp3) is 0.462. The summed E-state index contributed by atoms with van der Waals surface area (Å²) in [5.41, 5.74) is 0.581. The van der Waals surface area contributed by atoms with Gasteiger partial charge in [-0.2, -0.15) is 0 Å². The molecular weight excluding hydrogens is 223 g/mol. The molecule has 2 rings (SSSR count). The van der Waals surface area contributed by atoms with Crippen molar-refractivity contribution >= 4 is 5.97 Å². The topological polar surface area (TPSA) is 46.5 Å². The Morgan fingerprint density at radius 1 is 1.59 bits per heavy atom. The molecule has 1 fully saturated rings. The van der Waals surface area contributed by atoms with E-state index in [-0.39, 0.29) is 23.6 Å². The number of hydrogen-bond donors (Lipinski definition) is 1. The summed E-state index contributed by atoms with van der Waals surface area (Å²) in [6.07, 6.45) is 1.15. The van der Waals surface area contributed by atoms with Crippen LogP contribution < -0.4 is 0 Å². The maximum atomic E-state index is 13.5. The number of hydrogen-bond acceptors (Lipinski definition) is 3. The Kier molecular flexibility index (Phi) is 3.31. The molecule has 1 aliphatic carbocycles. The van der Waals surface area contributed by atoms with Crippen LogP contribution in [0.25, 0.3) is 0 Å². The van der Waals surface area contributed by atoms with Gasteiger partial charge in [-0.1, -0.05) is 6.07 Å². The summed E-state index contributed by atoms with van der Waals surface area (Å²) in [6, 6.07) is 4.16. The van der Waals surface area contributed by atoms with Crippen molar-refractivity contribution in [2.75, 3.05) is 6.61 Å². The third kappa shape index (κ3) is 2.75. The summed E-state index contributed by atoms with van der Waals surface area (Å²) >= 11 is 0. The summed E-state index contributed by atoms with van der Waals surface area (Å²) < 4.78 is 18.4. The zero-order chi connectivity index (χ0) is 12.4. The largest absolute Gasteiger partial charge is 0.508 e. The fourth-order valence-electron chi connectivity index (χ4n) is 2.10. The minimum Gasteiger partial charge on any atom is -0.508 e. The molecule has 1 N–H and O–H groups in total. The quantitative estimate of drug-likeness (QED) is 0.820. The Morgan fingerprint density at radius 3 is 3.00 bits per heavy atom. The number of phenolic OH excluding ortho intramolecular Hbond substituents is 1. The van der Waals surface area contributed by atoms with Crippen LogP contribution in [0.1, 0.15) is 31.2 Å². The van der Waals surface area contributed by atoms with Crippen LogP contribution in [0.15, 0.2) is 18.2 Å². The second-order valence-corrected chi connectivity index (χ2v) is 4.32. The summed E-state index contributed by atoms with van der Waals surface area (Å²) in [5.74, 6) is -0.442. The third-order valence-corrected chi connectivity index (χ3v) is 3.04. The Morgan fingerprint density at radius 2 is 2.35 bits per heavy atom. The molecule has 0 aromatic heterocycles. The lowest BCUT2D eigenvalue weighted by atomic mass is 10.1. The summed E-state index contributed by atoms with van der Waals surface area (Å²) in [4.78, 5) is 11.3. The lowest BCUT2D eigenvalue weighted by molar-refractivity contribution is -0.143. The molecule has 0 radical (unpaired) electrons. The number of rotatable bonds is 4. The Hall–Kier alpha value is -1.58. The molecule has 3 nitrogen and oxygen atoms in total. The van der Waals surface area contributed by atoms with Crippen LogP contribution in [0.3, 0.4) is 0 Å². The minimum absolute atomic E-state index is 0.0751. The van der Waals surface area contributed by atoms with Crippen molar-refractivity contribution in [3.05, 3.63) is 29.6 Å². The van der Waals surface area contributed by atoms with E-state index in [0.29, 0.717) is 18.6 Å². The number of carbonyl (C=O) groups is 1. The van der Waals surface area contributed by atoms with Gasteiger partial charge in [-0.15, -0.1) is 0 Å².